The predicted octanol–water partition coefficient (Wildman–Crippen LogP) is 4.63. The second-order valence-electron chi connectivity index (χ2n) is 6.65. The number of nitrogens with zero attached hydrogens (tertiary/aromatic N) is 5. The molecule has 0 bridgehead atoms. The zero-order valence-corrected chi connectivity index (χ0v) is 17.3. The maximum Gasteiger partial charge on any atom is 0.0753 e. The Hall–Kier alpha value is -1.56. The van der Waals surface area contributed by atoms with Gasteiger partial charge in [-0.3, -0.25) is 10.0 Å². The highest BCUT2D eigenvalue weighted by molar-refractivity contribution is 7.05. The van der Waals surface area contributed by atoms with Gasteiger partial charge >= 0.3 is 0 Å². The second kappa shape index (κ2) is 9.06. The van der Waals surface area contributed by atoms with Gasteiger partial charge in [0.2, 0.25) is 0 Å². The Labute approximate surface area is 150 Å². The predicted molar refractivity (Wildman–Crippen MR) is 105 cm³/mol. The molecule has 3 heterocycles. The Morgan fingerprint density at radius 1 is 1.04 bits per heavy atom. The third-order valence-electron chi connectivity index (χ3n) is 4.66. The summed E-state index contributed by atoms with van der Waals surface area (Å²) >= 11 is 1.44. The van der Waals surface area contributed by atoms with E-state index in [9.17, 15) is 0 Å². The summed E-state index contributed by atoms with van der Waals surface area (Å²) in [5, 5.41) is 10.1. The fraction of sp³-hybridized carbons (Fsp3) is 0.667. The Kier molecular flexibility index (Phi) is 7.73. The summed E-state index contributed by atoms with van der Waals surface area (Å²) in [4.78, 5) is 5.47. The Balaban J connectivity index is 0.000000181. The van der Waals surface area contributed by atoms with Gasteiger partial charge in [-0.05, 0) is 65.6 Å². The van der Waals surface area contributed by atoms with Gasteiger partial charge in [-0.15, -0.1) is 5.10 Å². The average Bonchev–Trinajstić information content (AvgIpc) is 3.09. The zero-order valence-electron chi connectivity index (χ0n) is 16.5. The topological polar surface area (TPSA) is 53.7 Å². The molecule has 6 heteroatoms. The van der Waals surface area contributed by atoms with Crippen LogP contribution in [0.5, 0.6) is 0 Å². The lowest BCUT2D eigenvalue weighted by Crippen LogP contribution is -2.24. The van der Waals surface area contributed by atoms with Crippen LogP contribution in [0.4, 0.5) is 0 Å². The molecule has 134 valence electrons. The number of hydrogen-bond acceptors (Lipinski definition) is 6. The molecule has 24 heavy (non-hydrogen) atoms. The van der Waals surface area contributed by atoms with Crippen LogP contribution in [0.15, 0.2) is 21.4 Å². The Bertz CT molecular complexity index is 625. The van der Waals surface area contributed by atoms with E-state index in [0.29, 0.717) is 12.0 Å². The summed E-state index contributed by atoms with van der Waals surface area (Å²) in [5.74, 6) is 0.634. The number of allylic oxidation sites excluding steroid dienone is 2. The number of aromatic nitrogens is 2. The second-order valence-corrected chi connectivity index (χ2v) is 7.61. The number of rotatable bonds is 0. The van der Waals surface area contributed by atoms with Crippen molar-refractivity contribution in [3.8, 4) is 0 Å². The molecule has 2 aliphatic heterocycles. The van der Waals surface area contributed by atoms with E-state index in [4.69, 9.17) is 0 Å². The quantitative estimate of drug-likeness (QED) is 0.686. The van der Waals surface area contributed by atoms with Crippen molar-refractivity contribution >= 4 is 23.0 Å². The van der Waals surface area contributed by atoms with Crippen LogP contribution in [0.25, 0.3) is 0 Å². The first-order valence-electron chi connectivity index (χ1n) is 8.37. The summed E-state index contributed by atoms with van der Waals surface area (Å²) in [5.41, 5.74) is 6.18. The van der Waals surface area contributed by atoms with Crippen molar-refractivity contribution in [1.29, 1.82) is 0 Å². The van der Waals surface area contributed by atoms with Gasteiger partial charge in [-0.25, -0.2) is 0 Å². The molecule has 0 N–H and O–H groups in total. The van der Waals surface area contributed by atoms with Crippen LogP contribution in [0, 0.1) is 19.8 Å². The fourth-order valence-electron chi connectivity index (χ4n) is 2.32. The Morgan fingerprint density at radius 2 is 1.67 bits per heavy atom. The summed E-state index contributed by atoms with van der Waals surface area (Å²) < 4.78 is 3.71. The molecule has 2 aliphatic rings. The van der Waals surface area contributed by atoms with Crippen LogP contribution >= 0.6 is 11.5 Å². The third kappa shape index (κ3) is 5.82. The lowest BCUT2D eigenvalue weighted by molar-refractivity contribution is 0.272. The number of aryl methyl sites for hydroxylation is 2. The first-order chi connectivity index (χ1) is 11.1. The third-order valence-corrected chi connectivity index (χ3v) is 5.40. The van der Waals surface area contributed by atoms with E-state index in [1.807, 2.05) is 25.9 Å². The van der Waals surface area contributed by atoms with Crippen molar-refractivity contribution in [1.82, 2.24) is 14.6 Å². The average molecular weight is 350 g/mol. The molecule has 0 aliphatic carbocycles. The molecule has 2 atom stereocenters. The lowest BCUT2D eigenvalue weighted by atomic mass is 10.0. The molecule has 0 amide bonds. The molecule has 1 aromatic heterocycles. The van der Waals surface area contributed by atoms with Crippen molar-refractivity contribution in [3.05, 3.63) is 21.8 Å². The minimum atomic E-state index is 0.588. The largest absolute Gasteiger partial charge is 0.297 e. The van der Waals surface area contributed by atoms with Crippen LogP contribution in [-0.4, -0.2) is 39.1 Å². The number of hydrazone groups is 1. The highest BCUT2D eigenvalue weighted by Gasteiger charge is 2.24. The zero-order chi connectivity index (χ0) is 18.4. The number of hydrogen-bond donors (Lipinski definition) is 0. The molecule has 0 saturated heterocycles. The normalized spacial score (nSPS) is 22.5. The maximum atomic E-state index is 4.30. The van der Waals surface area contributed by atoms with Crippen LogP contribution in [0.2, 0.25) is 0 Å². The molecular weight excluding hydrogens is 318 g/mol. The van der Waals surface area contributed by atoms with Gasteiger partial charge in [0.1, 0.15) is 0 Å². The van der Waals surface area contributed by atoms with E-state index in [1.165, 1.54) is 39.1 Å². The summed E-state index contributed by atoms with van der Waals surface area (Å²) in [6.07, 6.45) is 1.09. The van der Waals surface area contributed by atoms with Crippen molar-refractivity contribution in [2.24, 2.45) is 16.0 Å². The summed E-state index contributed by atoms with van der Waals surface area (Å²) in [6, 6.07) is 0.588. The molecule has 3 rings (SSSR count). The van der Waals surface area contributed by atoms with Gasteiger partial charge in [0.05, 0.1) is 11.7 Å². The van der Waals surface area contributed by atoms with E-state index in [-0.39, 0.29) is 0 Å². The SMILES string of the molecule is CC1=NC(C)=C(C)C1.CC1=NN(C)C(C)C1C.Cc1nnsc1C. The van der Waals surface area contributed by atoms with Gasteiger partial charge in [-0.1, -0.05) is 11.4 Å². The van der Waals surface area contributed by atoms with Gasteiger partial charge < -0.3 is 0 Å². The summed E-state index contributed by atoms with van der Waals surface area (Å²) in [7, 11) is 2.03. The molecule has 0 spiro atoms. The molecular formula is C18H31N5S. The van der Waals surface area contributed by atoms with E-state index < -0.39 is 0 Å². The van der Waals surface area contributed by atoms with Gasteiger partial charge in [0.15, 0.2) is 0 Å². The smallest absolute Gasteiger partial charge is 0.0753 e. The van der Waals surface area contributed by atoms with Gasteiger partial charge in [-0.2, -0.15) is 5.10 Å². The van der Waals surface area contributed by atoms with Crippen molar-refractivity contribution in [2.75, 3.05) is 7.05 Å². The highest BCUT2D eigenvalue weighted by Crippen LogP contribution is 2.18. The van der Waals surface area contributed by atoms with Crippen LogP contribution in [0.1, 0.15) is 58.5 Å². The van der Waals surface area contributed by atoms with Crippen molar-refractivity contribution < 1.29 is 0 Å². The minimum Gasteiger partial charge on any atom is -0.297 e. The van der Waals surface area contributed by atoms with Gasteiger partial charge in [0.25, 0.3) is 0 Å². The fourth-order valence-corrected chi connectivity index (χ4v) is 2.77. The maximum absolute atomic E-state index is 4.30. The molecule has 5 nitrogen and oxygen atoms in total. The molecule has 0 radical (unpaired) electrons. The lowest BCUT2D eigenvalue weighted by Gasteiger charge is -2.16. The monoisotopic (exact) mass is 349 g/mol. The van der Waals surface area contributed by atoms with E-state index in [1.54, 1.807) is 0 Å². The standard InChI is InChI=1S/C7H14N2.C7H11N.C4H6N2S/c1-5-6(2)8-9(4)7(5)3;1-5-4-6(2)8-7(5)3;1-3-4(2)7-6-5-3/h5,7H,1-4H3;4H2,1-3H3;1-2H3. The van der Waals surface area contributed by atoms with Crippen molar-refractivity contribution in [2.45, 2.75) is 67.9 Å². The van der Waals surface area contributed by atoms with Crippen molar-refractivity contribution in [3.63, 3.8) is 0 Å². The minimum absolute atomic E-state index is 0.588. The first kappa shape index (κ1) is 20.5. The molecule has 0 saturated carbocycles. The van der Waals surface area contributed by atoms with E-state index in [0.717, 1.165) is 12.1 Å². The van der Waals surface area contributed by atoms with E-state index in [2.05, 4.69) is 61.2 Å². The van der Waals surface area contributed by atoms with Crippen LogP contribution in [-0.2, 0) is 0 Å². The molecule has 0 fully saturated rings. The molecule has 2 unspecified atom stereocenters. The van der Waals surface area contributed by atoms with Gasteiger partial charge in [0, 0.05) is 41.4 Å². The van der Waals surface area contributed by atoms with Crippen LogP contribution < -0.4 is 0 Å². The van der Waals surface area contributed by atoms with Crippen LogP contribution in [0.3, 0.4) is 0 Å². The highest BCUT2D eigenvalue weighted by atomic mass is 32.1. The molecule has 1 aromatic rings. The Morgan fingerprint density at radius 3 is 1.79 bits per heavy atom. The first-order valence-corrected chi connectivity index (χ1v) is 9.14. The number of aliphatic imine (C=N–C) groups is 1. The summed E-state index contributed by atoms with van der Waals surface area (Å²) in [6.45, 7) is 16.7. The van der Waals surface area contributed by atoms with E-state index >= 15 is 0 Å². The molecule has 0 aromatic carbocycles.